The molecule has 1 aromatic rings. The van der Waals surface area contributed by atoms with Crippen LogP contribution in [0.2, 0.25) is 5.02 Å². The average molecular weight is 309 g/mol. The van der Waals surface area contributed by atoms with Gasteiger partial charge in [-0.3, -0.25) is 9.69 Å². The van der Waals surface area contributed by atoms with Crippen LogP contribution in [0.3, 0.4) is 0 Å². The molecule has 1 aromatic heterocycles. The van der Waals surface area contributed by atoms with Gasteiger partial charge in [0.1, 0.15) is 11.5 Å². The third-order valence-corrected chi connectivity index (χ3v) is 4.79. The molecule has 6 heteroatoms. The van der Waals surface area contributed by atoms with Crippen LogP contribution in [0, 0.1) is 0 Å². The van der Waals surface area contributed by atoms with Crippen LogP contribution in [0.4, 0.5) is 5.82 Å². The van der Waals surface area contributed by atoms with Gasteiger partial charge in [-0.25, -0.2) is 4.98 Å². The van der Waals surface area contributed by atoms with Crippen molar-refractivity contribution < 1.29 is 4.79 Å². The van der Waals surface area contributed by atoms with E-state index >= 15 is 0 Å². The number of halogens is 1. The predicted octanol–water partition coefficient (Wildman–Crippen LogP) is 2.13. The maximum Gasteiger partial charge on any atom is 0.271 e. The van der Waals surface area contributed by atoms with Gasteiger partial charge < -0.3 is 10.6 Å². The number of hydrogen-bond acceptors (Lipinski definition) is 4. The van der Waals surface area contributed by atoms with E-state index in [1.54, 1.807) is 19.2 Å². The molecule has 0 aromatic carbocycles. The minimum Gasteiger partial charge on any atom is -0.373 e. The van der Waals surface area contributed by atoms with Crippen molar-refractivity contribution >= 4 is 23.3 Å². The molecule has 2 unspecified atom stereocenters. The molecular formula is C15H21ClN4O. The Bertz CT molecular complexity index is 536. The molecule has 2 N–H and O–H groups in total. The van der Waals surface area contributed by atoms with E-state index < -0.39 is 0 Å². The highest BCUT2D eigenvalue weighted by molar-refractivity contribution is 6.33. The predicted molar refractivity (Wildman–Crippen MR) is 83.9 cm³/mol. The lowest BCUT2D eigenvalue weighted by molar-refractivity contribution is 0.0910. The minimum absolute atomic E-state index is 0.172. The Hall–Kier alpha value is -1.33. The number of piperidine rings is 1. The van der Waals surface area contributed by atoms with E-state index in [4.69, 9.17) is 11.6 Å². The summed E-state index contributed by atoms with van der Waals surface area (Å²) in [6.45, 7) is 2.23. The summed E-state index contributed by atoms with van der Waals surface area (Å²) < 4.78 is 0. The van der Waals surface area contributed by atoms with E-state index in [1.165, 1.54) is 19.3 Å². The summed E-state index contributed by atoms with van der Waals surface area (Å²) in [6, 6.07) is 4.16. The van der Waals surface area contributed by atoms with Crippen LogP contribution in [-0.2, 0) is 0 Å². The van der Waals surface area contributed by atoms with Gasteiger partial charge in [-0.2, -0.15) is 0 Å². The second-order valence-corrected chi connectivity index (χ2v) is 6.15. The normalized spacial score (nSPS) is 25.4. The van der Waals surface area contributed by atoms with Gasteiger partial charge in [0.25, 0.3) is 5.91 Å². The Balaban J connectivity index is 1.71. The van der Waals surface area contributed by atoms with E-state index in [0.29, 0.717) is 22.6 Å². The SMILES string of the molecule is CNc1ccc(Cl)c(C(=O)NC2CCN3CCCCC23)n1. The van der Waals surface area contributed by atoms with Gasteiger partial charge in [-0.05, 0) is 37.9 Å². The molecular weight excluding hydrogens is 288 g/mol. The number of anilines is 1. The highest BCUT2D eigenvalue weighted by Gasteiger charge is 2.36. The number of rotatable bonds is 3. The van der Waals surface area contributed by atoms with Crippen LogP contribution >= 0.6 is 11.6 Å². The maximum absolute atomic E-state index is 12.5. The number of carbonyl (C=O) groups is 1. The first kappa shape index (κ1) is 14.6. The minimum atomic E-state index is -0.172. The first-order valence-electron chi connectivity index (χ1n) is 7.58. The van der Waals surface area contributed by atoms with Gasteiger partial charge in [0.2, 0.25) is 0 Å². The lowest BCUT2D eigenvalue weighted by Gasteiger charge is -2.32. The number of nitrogens with one attached hydrogen (secondary N) is 2. The molecule has 0 spiro atoms. The summed E-state index contributed by atoms with van der Waals surface area (Å²) in [4.78, 5) is 19.2. The fourth-order valence-corrected chi connectivity index (χ4v) is 3.58. The van der Waals surface area contributed by atoms with Crippen molar-refractivity contribution in [2.24, 2.45) is 0 Å². The average Bonchev–Trinajstić information content (AvgIpc) is 2.91. The zero-order valence-corrected chi connectivity index (χ0v) is 13.0. The van der Waals surface area contributed by atoms with Gasteiger partial charge in [-0.15, -0.1) is 0 Å². The number of amides is 1. The zero-order valence-electron chi connectivity index (χ0n) is 12.2. The standard InChI is InChI=1S/C15H21ClN4O/c1-17-13-6-5-10(16)14(19-13)15(21)18-11-7-9-20-8-3-2-4-12(11)20/h5-6,11-12H,2-4,7-9H2,1H3,(H,17,19)(H,18,21). The fourth-order valence-electron chi connectivity index (χ4n) is 3.39. The highest BCUT2D eigenvalue weighted by atomic mass is 35.5. The Morgan fingerprint density at radius 2 is 2.19 bits per heavy atom. The van der Waals surface area contributed by atoms with Gasteiger partial charge in [-0.1, -0.05) is 18.0 Å². The molecule has 114 valence electrons. The van der Waals surface area contributed by atoms with Gasteiger partial charge in [0, 0.05) is 25.7 Å². The maximum atomic E-state index is 12.5. The van der Waals surface area contributed by atoms with E-state index in [-0.39, 0.29) is 11.9 Å². The van der Waals surface area contributed by atoms with Crippen LogP contribution in [0.1, 0.15) is 36.2 Å². The number of aromatic nitrogens is 1. The first-order valence-corrected chi connectivity index (χ1v) is 7.96. The van der Waals surface area contributed by atoms with Crippen molar-refractivity contribution in [3.05, 3.63) is 22.8 Å². The number of fused-ring (bicyclic) bond motifs is 1. The van der Waals surface area contributed by atoms with Gasteiger partial charge in [0.05, 0.1) is 5.02 Å². The number of nitrogens with zero attached hydrogens (tertiary/aromatic N) is 2. The van der Waals surface area contributed by atoms with Crippen molar-refractivity contribution in [1.29, 1.82) is 0 Å². The molecule has 0 bridgehead atoms. The Kier molecular flexibility index (Phi) is 4.31. The Labute approximate surface area is 130 Å². The second-order valence-electron chi connectivity index (χ2n) is 5.74. The molecule has 3 rings (SSSR count). The van der Waals surface area contributed by atoms with E-state index in [0.717, 1.165) is 19.5 Å². The Morgan fingerprint density at radius 1 is 1.33 bits per heavy atom. The van der Waals surface area contributed by atoms with Gasteiger partial charge >= 0.3 is 0 Å². The molecule has 5 nitrogen and oxygen atoms in total. The molecule has 2 saturated heterocycles. The summed E-state index contributed by atoms with van der Waals surface area (Å²) in [5.41, 5.74) is 0.303. The quantitative estimate of drug-likeness (QED) is 0.898. The molecule has 0 aliphatic carbocycles. The summed E-state index contributed by atoms with van der Waals surface area (Å²) in [5, 5.41) is 6.46. The van der Waals surface area contributed by atoms with E-state index in [1.807, 2.05) is 0 Å². The first-order chi connectivity index (χ1) is 10.2. The lowest BCUT2D eigenvalue weighted by atomic mass is 9.99. The molecule has 3 heterocycles. The summed E-state index contributed by atoms with van der Waals surface area (Å²) in [6.07, 6.45) is 4.71. The van der Waals surface area contributed by atoms with Crippen molar-refractivity contribution in [2.75, 3.05) is 25.5 Å². The smallest absolute Gasteiger partial charge is 0.271 e. The lowest BCUT2D eigenvalue weighted by Crippen LogP contribution is -2.47. The molecule has 2 atom stereocenters. The fraction of sp³-hybridized carbons (Fsp3) is 0.600. The molecule has 0 saturated carbocycles. The molecule has 2 aliphatic rings. The number of hydrogen-bond donors (Lipinski definition) is 2. The van der Waals surface area contributed by atoms with Crippen molar-refractivity contribution in [2.45, 2.75) is 37.8 Å². The van der Waals surface area contributed by atoms with E-state index in [9.17, 15) is 4.79 Å². The molecule has 1 amide bonds. The highest BCUT2D eigenvalue weighted by Crippen LogP contribution is 2.27. The second kappa shape index (κ2) is 6.20. The molecule has 21 heavy (non-hydrogen) atoms. The Morgan fingerprint density at radius 3 is 3.00 bits per heavy atom. The van der Waals surface area contributed by atoms with E-state index in [2.05, 4.69) is 20.5 Å². The van der Waals surface area contributed by atoms with Crippen molar-refractivity contribution in [1.82, 2.24) is 15.2 Å². The summed E-state index contributed by atoms with van der Waals surface area (Å²) in [7, 11) is 1.77. The number of pyridine rings is 1. The third kappa shape index (κ3) is 2.99. The summed E-state index contributed by atoms with van der Waals surface area (Å²) in [5.74, 6) is 0.477. The van der Waals surface area contributed by atoms with Crippen molar-refractivity contribution in [3.8, 4) is 0 Å². The molecule has 0 radical (unpaired) electrons. The monoisotopic (exact) mass is 308 g/mol. The number of carbonyl (C=O) groups excluding carboxylic acids is 1. The summed E-state index contributed by atoms with van der Waals surface area (Å²) >= 11 is 6.11. The molecule has 2 fully saturated rings. The largest absolute Gasteiger partial charge is 0.373 e. The molecule has 2 aliphatic heterocycles. The van der Waals surface area contributed by atoms with Crippen LogP contribution in [0.5, 0.6) is 0 Å². The van der Waals surface area contributed by atoms with Crippen LogP contribution in [0.15, 0.2) is 12.1 Å². The van der Waals surface area contributed by atoms with Crippen LogP contribution < -0.4 is 10.6 Å². The third-order valence-electron chi connectivity index (χ3n) is 4.49. The topological polar surface area (TPSA) is 57.3 Å². The van der Waals surface area contributed by atoms with Gasteiger partial charge in [0.15, 0.2) is 0 Å². The van der Waals surface area contributed by atoms with Crippen LogP contribution in [-0.4, -0.2) is 48.0 Å². The van der Waals surface area contributed by atoms with Crippen molar-refractivity contribution in [3.63, 3.8) is 0 Å². The van der Waals surface area contributed by atoms with Crippen LogP contribution in [0.25, 0.3) is 0 Å². The zero-order chi connectivity index (χ0) is 14.8.